The van der Waals surface area contributed by atoms with Crippen molar-refractivity contribution >= 4 is 40.1 Å². The first-order valence-corrected chi connectivity index (χ1v) is 8.48. The van der Waals surface area contributed by atoms with Crippen LogP contribution in [-0.2, 0) is 11.2 Å². The van der Waals surface area contributed by atoms with Gasteiger partial charge in [-0.15, -0.1) is 0 Å². The molecule has 23 heavy (non-hydrogen) atoms. The Labute approximate surface area is 150 Å². The number of rotatable bonds is 5. The lowest BCUT2D eigenvalue weighted by Gasteiger charge is -2.17. The number of anilines is 1. The number of halogens is 1. The first-order chi connectivity index (χ1) is 11.0. The Hall–Kier alpha value is -1.89. The van der Waals surface area contributed by atoms with Gasteiger partial charge in [0.2, 0.25) is 5.91 Å². The number of hydrogen-bond donors (Lipinski definition) is 1. The second-order valence-electron chi connectivity index (χ2n) is 5.23. The summed E-state index contributed by atoms with van der Waals surface area (Å²) in [5.74, 6) is -0.366. The lowest BCUT2D eigenvalue weighted by Crippen LogP contribution is -2.35. The molecule has 0 atom stereocenters. The third-order valence-electron chi connectivity index (χ3n) is 3.47. The Balaban J connectivity index is 2.01. The minimum absolute atomic E-state index is 0.0162. The van der Waals surface area contributed by atoms with E-state index < -0.39 is 0 Å². The van der Waals surface area contributed by atoms with E-state index in [0.717, 1.165) is 21.2 Å². The molecule has 0 aliphatic rings. The average molecular weight is 422 g/mol. The summed E-state index contributed by atoms with van der Waals surface area (Å²) in [5.41, 5.74) is 2.46. The van der Waals surface area contributed by atoms with Gasteiger partial charge in [0.05, 0.1) is 6.54 Å². The van der Waals surface area contributed by atoms with Crippen molar-refractivity contribution in [1.82, 2.24) is 4.90 Å². The van der Waals surface area contributed by atoms with E-state index in [9.17, 15) is 9.59 Å². The Bertz CT molecular complexity index is 716. The molecule has 0 saturated heterocycles. The van der Waals surface area contributed by atoms with Gasteiger partial charge in [-0.1, -0.05) is 31.2 Å². The monoisotopic (exact) mass is 422 g/mol. The number of aryl methyl sites for hydroxylation is 1. The molecule has 0 heterocycles. The Morgan fingerprint density at radius 1 is 1.13 bits per heavy atom. The van der Waals surface area contributed by atoms with E-state index in [0.29, 0.717) is 5.56 Å². The predicted octanol–water partition coefficient (Wildman–Crippen LogP) is 3.56. The topological polar surface area (TPSA) is 49.4 Å². The highest BCUT2D eigenvalue weighted by atomic mass is 127. The van der Waals surface area contributed by atoms with Crippen LogP contribution < -0.4 is 5.32 Å². The van der Waals surface area contributed by atoms with Crippen LogP contribution in [0.1, 0.15) is 22.8 Å². The van der Waals surface area contributed by atoms with E-state index in [-0.39, 0.29) is 18.4 Å². The van der Waals surface area contributed by atoms with Gasteiger partial charge in [0.15, 0.2) is 0 Å². The van der Waals surface area contributed by atoms with Crippen LogP contribution in [0.25, 0.3) is 0 Å². The van der Waals surface area contributed by atoms with Crippen molar-refractivity contribution < 1.29 is 9.59 Å². The zero-order chi connectivity index (χ0) is 16.8. The van der Waals surface area contributed by atoms with Crippen molar-refractivity contribution in [1.29, 1.82) is 0 Å². The molecule has 4 nitrogen and oxygen atoms in total. The van der Waals surface area contributed by atoms with Crippen molar-refractivity contribution in [3.63, 3.8) is 0 Å². The number of benzene rings is 2. The summed E-state index contributed by atoms with van der Waals surface area (Å²) < 4.78 is 0.989. The quantitative estimate of drug-likeness (QED) is 0.750. The summed E-state index contributed by atoms with van der Waals surface area (Å²) in [7, 11) is 1.63. The van der Waals surface area contributed by atoms with E-state index in [1.54, 1.807) is 13.1 Å². The van der Waals surface area contributed by atoms with E-state index in [1.165, 1.54) is 4.90 Å². The zero-order valence-corrected chi connectivity index (χ0v) is 15.3. The first-order valence-electron chi connectivity index (χ1n) is 7.40. The fraction of sp³-hybridized carbons (Fsp3) is 0.222. The van der Waals surface area contributed by atoms with Crippen LogP contribution in [0.4, 0.5) is 5.69 Å². The average Bonchev–Trinajstić information content (AvgIpc) is 2.54. The summed E-state index contributed by atoms with van der Waals surface area (Å²) >= 11 is 2.16. The molecule has 0 aromatic heterocycles. The van der Waals surface area contributed by atoms with Crippen molar-refractivity contribution in [2.75, 3.05) is 18.9 Å². The highest BCUT2D eigenvalue weighted by Crippen LogP contribution is 2.15. The number of nitrogens with zero attached hydrogens (tertiary/aromatic N) is 1. The number of carbonyl (C=O) groups is 2. The van der Waals surface area contributed by atoms with E-state index in [2.05, 4.69) is 27.9 Å². The normalized spacial score (nSPS) is 10.2. The summed E-state index contributed by atoms with van der Waals surface area (Å²) in [6.45, 7) is 2.06. The molecular formula is C18H19IN2O2. The van der Waals surface area contributed by atoms with Crippen LogP contribution in [0, 0.1) is 3.57 Å². The second kappa shape index (κ2) is 8.10. The molecule has 2 amide bonds. The van der Waals surface area contributed by atoms with Crippen molar-refractivity contribution in [3.8, 4) is 0 Å². The lowest BCUT2D eigenvalue weighted by molar-refractivity contribution is -0.116. The van der Waals surface area contributed by atoms with Crippen molar-refractivity contribution in [3.05, 3.63) is 63.2 Å². The summed E-state index contributed by atoms with van der Waals surface area (Å²) in [6, 6.07) is 15.0. The van der Waals surface area contributed by atoms with E-state index >= 15 is 0 Å². The predicted molar refractivity (Wildman–Crippen MR) is 101 cm³/mol. The van der Waals surface area contributed by atoms with Crippen molar-refractivity contribution in [2.45, 2.75) is 13.3 Å². The Morgan fingerprint density at radius 3 is 2.57 bits per heavy atom. The number of nitrogens with one attached hydrogen (secondary N) is 1. The molecule has 1 N–H and O–H groups in total. The second-order valence-corrected chi connectivity index (χ2v) is 6.48. The molecule has 0 aliphatic heterocycles. The molecule has 2 rings (SSSR count). The molecule has 2 aromatic carbocycles. The molecule has 0 bridgehead atoms. The number of hydrogen-bond acceptors (Lipinski definition) is 2. The van der Waals surface area contributed by atoms with Crippen LogP contribution in [-0.4, -0.2) is 30.3 Å². The van der Waals surface area contributed by atoms with Gasteiger partial charge in [-0.25, -0.2) is 0 Å². The fourth-order valence-electron chi connectivity index (χ4n) is 2.27. The molecular weight excluding hydrogens is 403 g/mol. The molecule has 0 fully saturated rings. The SMILES string of the molecule is CCc1ccccc1NC(=O)CN(C)C(=O)c1cccc(I)c1. The molecule has 0 aliphatic carbocycles. The van der Waals surface area contributed by atoms with Gasteiger partial charge in [-0.2, -0.15) is 0 Å². The smallest absolute Gasteiger partial charge is 0.254 e. The third-order valence-corrected chi connectivity index (χ3v) is 4.14. The van der Waals surface area contributed by atoms with Gasteiger partial charge in [0.1, 0.15) is 0 Å². The van der Waals surface area contributed by atoms with Gasteiger partial charge < -0.3 is 10.2 Å². The maximum atomic E-state index is 12.4. The molecule has 5 heteroatoms. The highest BCUT2D eigenvalue weighted by Gasteiger charge is 2.15. The van der Waals surface area contributed by atoms with Crippen LogP contribution in [0.3, 0.4) is 0 Å². The number of amides is 2. The van der Waals surface area contributed by atoms with E-state index in [1.807, 2.05) is 49.4 Å². The first kappa shape index (κ1) is 17.5. The van der Waals surface area contributed by atoms with Gasteiger partial charge in [-0.3, -0.25) is 9.59 Å². The number of likely N-dealkylation sites (N-methyl/N-ethyl adjacent to an activating group) is 1. The fourth-order valence-corrected chi connectivity index (χ4v) is 2.81. The van der Waals surface area contributed by atoms with Gasteiger partial charge >= 0.3 is 0 Å². The zero-order valence-electron chi connectivity index (χ0n) is 13.2. The van der Waals surface area contributed by atoms with Gasteiger partial charge in [0, 0.05) is 21.9 Å². The third kappa shape index (κ3) is 4.79. The lowest BCUT2D eigenvalue weighted by atomic mass is 10.1. The van der Waals surface area contributed by atoms with Gasteiger partial charge in [-0.05, 0) is 58.8 Å². The highest BCUT2D eigenvalue weighted by molar-refractivity contribution is 14.1. The standard InChI is InChI=1S/C18H19IN2O2/c1-3-13-7-4-5-10-16(13)20-17(22)12-21(2)18(23)14-8-6-9-15(19)11-14/h4-11H,3,12H2,1-2H3,(H,20,22). The Kier molecular flexibility index (Phi) is 6.15. The van der Waals surface area contributed by atoms with E-state index in [4.69, 9.17) is 0 Å². The number of carbonyl (C=O) groups excluding carboxylic acids is 2. The maximum Gasteiger partial charge on any atom is 0.254 e. The summed E-state index contributed by atoms with van der Waals surface area (Å²) in [5, 5.41) is 2.88. The molecule has 0 saturated carbocycles. The summed E-state index contributed by atoms with van der Waals surface area (Å²) in [4.78, 5) is 26.0. The Morgan fingerprint density at radius 2 is 1.87 bits per heavy atom. The molecule has 0 unspecified atom stereocenters. The minimum Gasteiger partial charge on any atom is -0.332 e. The van der Waals surface area contributed by atoms with Crippen molar-refractivity contribution in [2.24, 2.45) is 0 Å². The summed E-state index contributed by atoms with van der Waals surface area (Å²) in [6.07, 6.45) is 0.841. The largest absolute Gasteiger partial charge is 0.332 e. The molecule has 0 radical (unpaired) electrons. The van der Waals surface area contributed by atoms with Crippen LogP contribution in [0.5, 0.6) is 0 Å². The van der Waals surface area contributed by atoms with Crippen LogP contribution in [0.15, 0.2) is 48.5 Å². The number of para-hydroxylation sites is 1. The van der Waals surface area contributed by atoms with Gasteiger partial charge in [0.25, 0.3) is 5.91 Å². The molecule has 2 aromatic rings. The molecule has 0 spiro atoms. The van der Waals surface area contributed by atoms with Crippen LogP contribution >= 0.6 is 22.6 Å². The van der Waals surface area contributed by atoms with Crippen LogP contribution in [0.2, 0.25) is 0 Å². The minimum atomic E-state index is -0.202. The maximum absolute atomic E-state index is 12.4. The molecule has 120 valence electrons.